The summed E-state index contributed by atoms with van der Waals surface area (Å²) in [5, 5.41) is 4.34. The fourth-order valence-electron chi connectivity index (χ4n) is 2.95. The van der Waals surface area contributed by atoms with E-state index < -0.39 is 0 Å². The van der Waals surface area contributed by atoms with Crippen LogP contribution in [0.1, 0.15) is 15.5 Å². The molecule has 5 nitrogen and oxygen atoms in total. The molecule has 0 radical (unpaired) electrons. The van der Waals surface area contributed by atoms with Gasteiger partial charge in [-0.05, 0) is 36.1 Å². The summed E-state index contributed by atoms with van der Waals surface area (Å²) >= 11 is 2.81. The van der Waals surface area contributed by atoms with Gasteiger partial charge in [0.2, 0.25) is 0 Å². The molecule has 1 aromatic carbocycles. The number of hydrogen-bond donors (Lipinski definition) is 0. The van der Waals surface area contributed by atoms with Crippen LogP contribution in [0.4, 0.5) is 0 Å². The van der Waals surface area contributed by atoms with E-state index in [1.54, 1.807) is 20.1 Å². The van der Waals surface area contributed by atoms with Gasteiger partial charge in [0.1, 0.15) is 16.4 Å². The standard InChI is InChI=1S/C20H16N2O3S2/c1-12-21-19-18(15(11-27-19)13-5-7-14(25-2)8-6-13)20(24)22(12)10-16(23)17-4-3-9-26-17/h3-9,11H,10H2,1-2H3. The molecule has 0 aliphatic heterocycles. The van der Waals surface area contributed by atoms with Gasteiger partial charge in [-0.3, -0.25) is 14.2 Å². The molecule has 0 aliphatic rings. The van der Waals surface area contributed by atoms with E-state index in [0.717, 1.165) is 16.9 Å². The zero-order valence-corrected chi connectivity index (χ0v) is 16.4. The molecule has 0 saturated heterocycles. The normalized spacial score (nSPS) is 11.0. The number of carbonyl (C=O) groups excluding carboxylic acids is 1. The molecule has 0 N–H and O–H groups in total. The zero-order chi connectivity index (χ0) is 19.0. The van der Waals surface area contributed by atoms with Crippen molar-refractivity contribution < 1.29 is 9.53 Å². The summed E-state index contributed by atoms with van der Waals surface area (Å²) in [7, 11) is 1.62. The molecule has 27 heavy (non-hydrogen) atoms. The summed E-state index contributed by atoms with van der Waals surface area (Å²) in [6.07, 6.45) is 0. The highest BCUT2D eigenvalue weighted by Gasteiger charge is 2.18. The Kier molecular flexibility index (Phi) is 4.63. The molecule has 0 aliphatic carbocycles. The highest BCUT2D eigenvalue weighted by atomic mass is 32.1. The molecule has 0 fully saturated rings. The van der Waals surface area contributed by atoms with E-state index in [9.17, 15) is 9.59 Å². The molecule has 4 rings (SSSR count). The van der Waals surface area contributed by atoms with Crippen molar-refractivity contribution in [1.82, 2.24) is 9.55 Å². The Morgan fingerprint density at radius 2 is 1.96 bits per heavy atom. The molecule has 0 bridgehead atoms. The van der Waals surface area contributed by atoms with Crippen LogP contribution in [0.15, 0.2) is 52.0 Å². The van der Waals surface area contributed by atoms with Gasteiger partial charge in [0.25, 0.3) is 5.56 Å². The second-order valence-corrected chi connectivity index (χ2v) is 7.81. The number of rotatable bonds is 5. The third-order valence-corrected chi connectivity index (χ3v) is 6.17. The maximum absolute atomic E-state index is 13.2. The Labute approximate surface area is 163 Å². The van der Waals surface area contributed by atoms with Crippen LogP contribution < -0.4 is 10.3 Å². The molecule has 136 valence electrons. The summed E-state index contributed by atoms with van der Waals surface area (Å²) in [6.45, 7) is 1.75. The molecule has 7 heteroatoms. The predicted octanol–water partition coefficient (Wildman–Crippen LogP) is 4.39. The average molecular weight is 396 g/mol. The van der Waals surface area contributed by atoms with Gasteiger partial charge in [0.05, 0.1) is 23.9 Å². The van der Waals surface area contributed by atoms with E-state index in [0.29, 0.717) is 20.9 Å². The zero-order valence-electron chi connectivity index (χ0n) is 14.8. The largest absolute Gasteiger partial charge is 0.497 e. The number of ketones is 1. The van der Waals surface area contributed by atoms with E-state index in [4.69, 9.17) is 4.74 Å². The Bertz CT molecular complexity index is 1170. The van der Waals surface area contributed by atoms with Crippen LogP contribution in [-0.4, -0.2) is 22.4 Å². The second-order valence-electron chi connectivity index (χ2n) is 6.01. The van der Waals surface area contributed by atoms with Gasteiger partial charge in [-0.1, -0.05) is 18.2 Å². The number of ether oxygens (including phenoxy) is 1. The lowest BCUT2D eigenvalue weighted by Gasteiger charge is -2.09. The third kappa shape index (κ3) is 3.20. The van der Waals surface area contributed by atoms with Crippen molar-refractivity contribution >= 4 is 38.7 Å². The molecule has 0 unspecified atom stereocenters. The molecular weight excluding hydrogens is 380 g/mol. The SMILES string of the molecule is COc1ccc(-c2csc3nc(C)n(CC(=O)c4cccs4)c(=O)c23)cc1. The minimum atomic E-state index is -0.186. The monoisotopic (exact) mass is 396 g/mol. The highest BCUT2D eigenvalue weighted by Crippen LogP contribution is 2.32. The van der Waals surface area contributed by atoms with Crippen LogP contribution >= 0.6 is 22.7 Å². The maximum Gasteiger partial charge on any atom is 0.263 e. The first kappa shape index (κ1) is 17.6. The van der Waals surface area contributed by atoms with Crippen LogP contribution in [0.5, 0.6) is 5.75 Å². The number of aryl methyl sites for hydroxylation is 1. The van der Waals surface area contributed by atoms with Gasteiger partial charge in [0, 0.05) is 10.9 Å². The number of nitrogens with zero attached hydrogens (tertiary/aromatic N) is 2. The van der Waals surface area contributed by atoms with Crippen molar-refractivity contribution in [3.05, 3.63) is 68.2 Å². The highest BCUT2D eigenvalue weighted by molar-refractivity contribution is 7.17. The lowest BCUT2D eigenvalue weighted by Crippen LogP contribution is -2.27. The van der Waals surface area contributed by atoms with Crippen LogP contribution in [0.3, 0.4) is 0 Å². The van der Waals surface area contributed by atoms with Crippen molar-refractivity contribution in [3.8, 4) is 16.9 Å². The molecule has 0 atom stereocenters. The van der Waals surface area contributed by atoms with E-state index >= 15 is 0 Å². The van der Waals surface area contributed by atoms with E-state index in [-0.39, 0.29) is 17.9 Å². The fraction of sp³-hybridized carbons (Fsp3) is 0.150. The van der Waals surface area contributed by atoms with Gasteiger partial charge in [0.15, 0.2) is 5.78 Å². The van der Waals surface area contributed by atoms with Crippen molar-refractivity contribution in [2.75, 3.05) is 7.11 Å². The summed E-state index contributed by atoms with van der Waals surface area (Å²) in [5.74, 6) is 1.21. The van der Waals surface area contributed by atoms with E-state index in [1.165, 1.54) is 27.2 Å². The Balaban J connectivity index is 1.82. The quantitative estimate of drug-likeness (QED) is 0.470. The number of benzene rings is 1. The van der Waals surface area contributed by atoms with Crippen LogP contribution in [-0.2, 0) is 6.54 Å². The second kappa shape index (κ2) is 7.09. The first-order chi connectivity index (χ1) is 13.1. The van der Waals surface area contributed by atoms with Crippen molar-refractivity contribution in [2.45, 2.75) is 13.5 Å². The minimum Gasteiger partial charge on any atom is -0.497 e. The number of aromatic nitrogens is 2. The number of fused-ring (bicyclic) bond motifs is 1. The number of thiophene rings is 2. The fourth-order valence-corrected chi connectivity index (χ4v) is 4.59. The van der Waals surface area contributed by atoms with Crippen LogP contribution in [0.2, 0.25) is 0 Å². The smallest absolute Gasteiger partial charge is 0.263 e. The van der Waals surface area contributed by atoms with Gasteiger partial charge < -0.3 is 4.74 Å². The summed E-state index contributed by atoms with van der Waals surface area (Å²) in [6, 6.07) is 11.2. The Morgan fingerprint density at radius 3 is 2.63 bits per heavy atom. The van der Waals surface area contributed by atoms with Gasteiger partial charge in [-0.25, -0.2) is 4.98 Å². The molecule has 4 aromatic rings. The summed E-state index contributed by atoms with van der Waals surface area (Å²) < 4.78 is 6.66. The summed E-state index contributed by atoms with van der Waals surface area (Å²) in [4.78, 5) is 31.6. The minimum absolute atomic E-state index is 0.00792. The topological polar surface area (TPSA) is 61.2 Å². The molecule has 3 aromatic heterocycles. The van der Waals surface area contributed by atoms with Gasteiger partial charge in [-0.2, -0.15) is 0 Å². The third-order valence-electron chi connectivity index (χ3n) is 4.38. The molecule has 0 amide bonds. The summed E-state index contributed by atoms with van der Waals surface area (Å²) in [5.41, 5.74) is 1.56. The van der Waals surface area contributed by atoms with E-state index in [1.807, 2.05) is 41.1 Å². The van der Waals surface area contributed by atoms with Crippen molar-refractivity contribution in [2.24, 2.45) is 0 Å². The first-order valence-electron chi connectivity index (χ1n) is 8.28. The van der Waals surface area contributed by atoms with Crippen LogP contribution in [0.25, 0.3) is 21.3 Å². The predicted molar refractivity (Wildman–Crippen MR) is 109 cm³/mol. The molecule has 0 saturated carbocycles. The molecule has 3 heterocycles. The Hall–Kier alpha value is -2.77. The number of methoxy groups -OCH3 is 1. The van der Waals surface area contributed by atoms with Crippen molar-refractivity contribution in [3.63, 3.8) is 0 Å². The number of hydrogen-bond acceptors (Lipinski definition) is 6. The van der Waals surface area contributed by atoms with E-state index in [2.05, 4.69) is 4.98 Å². The van der Waals surface area contributed by atoms with Gasteiger partial charge >= 0.3 is 0 Å². The van der Waals surface area contributed by atoms with Crippen LogP contribution in [0, 0.1) is 6.92 Å². The lowest BCUT2D eigenvalue weighted by atomic mass is 10.1. The molecular formula is C20H16N2O3S2. The Morgan fingerprint density at radius 1 is 1.19 bits per heavy atom. The van der Waals surface area contributed by atoms with Gasteiger partial charge in [-0.15, -0.1) is 22.7 Å². The maximum atomic E-state index is 13.2. The van der Waals surface area contributed by atoms with Crippen molar-refractivity contribution in [1.29, 1.82) is 0 Å². The number of Topliss-reactive ketones (excluding diaryl/α,β-unsaturated/α-hetero) is 1. The average Bonchev–Trinajstić information content (AvgIpc) is 3.35. The molecule has 0 spiro atoms. The number of carbonyl (C=O) groups is 1. The lowest BCUT2D eigenvalue weighted by molar-refractivity contribution is 0.0973. The first-order valence-corrected chi connectivity index (χ1v) is 10.0.